The van der Waals surface area contributed by atoms with E-state index in [0.29, 0.717) is 12.5 Å². The molecule has 3 rings (SSSR count). The van der Waals surface area contributed by atoms with Gasteiger partial charge >= 0.3 is 0 Å². The quantitative estimate of drug-likeness (QED) is 0.290. The van der Waals surface area contributed by atoms with Crippen LogP contribution in [0.1, 0.15) is 18.4 Å². The molecule has 2 heterocycles. The Labute approximate surface area is 147 Å². The number of nitrogens with zero attached hydrogens (tertiary/aromatic N) is 2. The smallest absolute Gasteiger partial charge is 0.238 e. The molecule has 0 bridgehead atoms. The minimum absolute atomic E-state index is 0.582. The van der Waals surface area contributed by atoms with Gasteiger partial charge in [-0.05, 0) is 37.4 Å². The zero-order valence-corrected chi connectivity index (χ0v) is 14.9. The van der Waals surface area contributed by atoms with E-state index in [9.17, 15) is 0 Å². The monoisotopic (exact) mass is 351 g/mol. The van der Waals surface area contributed by atoms with Crippen molar-refractivity contribution in [3.63, 3.8) is 0 Å². The summed E-state index contributed by atoms with van der Waals surface area (Å²) in [6, 6.07) is 10.4. The number of benzene rings is 1. The summed E-state index contributed by atoms with van der Waals surface area (Å²) in [5.41, 5.74) is 2.45. The molecule has 0 radical (unpaired) electrons. The zero-order valence-electron chi connectivity index (χ0n) is 13.3. The van der Waals surface area contributed by atoms with E-state index in [0.717, 1.165) is 37.9 Å². The lowest BCUT2D eigenvalue weighted by Crippen LogP contribution is -2.47. The second-order valence-electron chi connectivity index (χ2n) is 5.94. The summed E-state index contributed by atoms with van der Waals surface area (Å²) in [6.07, 6.45) is 5.15. The Morgan fingerprint density at radius 1 is 1.39 bits per heavy atom. The molecule has 0 aromatic heterocycles. The highest BCUT2D eigenvalue weighted by atomic mass is 35.5. The summed E-state index contributed by atoms with van der Waals surface area (Å²) in [5, 5.41) is 0. The van der Waals surface area contributed by atoms with Gasteiger partial charge in [-0.2, -0.15) is 4.40 Å². The van der Waals surface area contributed by atoms with Crippen LogP contribution in [0.3, 0.4) is 0 Å². The highest BCUT2D eigenvalue weighted by molar-refractivity contribution is 7.96. The van der Waals surface area contributed by atoms with Crippen LogP contribution in [0, 0.1) is 0 Å². The fourth-order valence-electron chi connectivity index (χ4n) is 2.80. The molecule has 0 fully saturated rings. The first-order valence-electron chi connectivity index (χ1n) is 7.94. The van der Waals surface area contributed by atoms with Crippen LogP contribution in [0.15, 0.2) is 46.4 Å². The van der Waals surface area contributed by atoms with Gasteiger partial charge in [-0.3, -0.25) is 0 Å². The Morgan fingerprint density at radius 3 is 3.00 bits per heavy atom. The molecule has 1 unspecified atom stereocenters. The van der Waals surface area contributed by atoms with E-state index in [4.69, 9.17) is 16.3 Å². The summed E-state index contributed by atoms with van der Waals surface area (Å²) in [7, 11) is 2.10. The van der Waals surface area contributed by atoms with Crippen LogP contribution in [0.5, 0.6) is 0 Å². The van der Waals surface area contributed by atoms with E-state index in [2.05, 4.69) is 51.4 Å². The molecule has 23 heavy (non-hydrogen) atoms. The molecule has 1 N–H and O–H groups in total. The van der Waals surface area contributed by atoms with Crippen molar-refractivity contribution in [1.82, 2.24) is 9.62 Å². The summed E-state index contributed by atoms with van der Waals surface area (Å²) in [4.78, 5) is 1.46. The number of hydrogen-bond donors (Lipinski definition) is 1. The second kappa shape index (κ2) is 7.71. The predicted octanol–water partition coefficient (Wildman–Crippen LogP) is 3.40. The molecule has 2 aliphatic rings. The third-order valence-electron chi connectivity index (χ3n) is 4.09. The lowest BCUT2D eigenvalue weighted by Gasteiger charge is -2.31. The number of rotatable bonds is 5. The van der Waals surface area contributed by atoms with E-state index in [1.54, 1.807) is 0 Å². The molecule has 0 saturated carbocycles. The third-order valence-corrected chi connectivity index (χ3v) is 5.35. The molecular weight excluding hydrogens is 330 g/mol. The molecule has 0 spiro atoms. The van der Waals surface area contributed by atoms with Crippen LogP contribution >= 0.6 is 23.7 Å². The van der Waals surface area contributed by atoms with Crippen LogP contribution in [0.4, 0.5) is 0 Å². The largest absolute Gasteiger partial charge is 0.478 e. The van der Waals surface area contributed by atoms with E-state index in [1.807, 2.05) is 6.07 Å². The van der Waals surface area contributed by atoms with Crippen molar-refractivity contribution >= 4 is 29.6 Å². The van der Waals surface area contributed by atoms with Gasteiger partial charge in [0.1, 0.15) is 0 Å². The maximum atomic E-state index is 6.79. The second-order valence-corrected chi connectivity index (χ2v) is 7.08. The number of nitrogens with one attached hydrogen (secondary N) is 1. The predicted molar refractivity (Wildman–Crippen MR) is 97.7 cm³/mol. The van der Waals surface area contributed by atoms with Gasteiger partial charge < -0.3 is 9.64 Å². The lowest BCUT2D eigenvalue weighted by molar-refractivity contribution is 0.279. The molecule has 0 amide bonds. The molecule has 124 valence electrons. The summed E-state index contributed by atoms with van der Waals surface area (Å²) in [6.45, 7) is 2.52. The van der Waals surface area contributed by atoms with Crippen LogP contribution in [0.2, 0.25) is 0 Å². The van der Waals surface area contributed by atoms with E-state index in [1.165, 1.54) is 17.7 Å². The van der Waals surface area contributed by atoms with Crippen molar-refractivity contribution in [3.05, 3.63) is 47.5 Å². The summed E-state index contributed by atoms with van der Waals surface area (Å²) in [5.74, 6) is 0.582. The zero-order chi connectivity index (χ0) is 16.1. The van der Waals surface area contributed by atoms with Crippen LogP contribution in [0.25, 0.3) is 0 Å². The minimum atomic E-state index is -0.800. The molecule has 2 aliphatic heterocycles. The normalized spacial score (nSPS) is 25.1. The molecular formula is C17H22ClN3OS. The standard InChI is InChI=1S/C17H22ClN3OS/c1-21-11-5-10-15(13-21)17(18)16(19-23-20-17)22-12-6-9-14-7-3-2-4-8-14/h2-4,7-8,10,20H,5-6,9,11-13H2,1H3. The van der Waals surface area contributed by atoms with E-state index < -0.39 is 5.00 Å². The van der Waals surface area contributed by atoms with Gasteiger partial charge in [0, 0.05) is 13.1 Å². The first kappa shape index (κ1) is 16.8. The van der Waals surface area contributed by atoms with Gasteiger partial charge in [0.15, 0.2) is 0 Å². The average molecular weight is 352 g/mol. The Morgan fingerprint density at radius 2 is 2.22 bits per heavy atom. The summed E-state index contributed by atoms with van der Waals surface area (Å²) >= 11 is 8.05. The molecule has 1 aromatic rings. The molecule has 4 nitrogen and oxygen atoms in total. The first-order valence-corrected chi connectivity index (χ1v) is 9.09. The van der Waals surface area contributed by atoms with Crippen LogP contribution in [-0.2, 0) is 11.2 Å². The fraction of sp³-hybridized carbons (Fsp3) is 0.471. The summed E-state index contributed by atoms with van der Waals surface area (Å²) < 4.78 is 13.4. The van der Waals surface area contributed by atoms with Gasteiger partial charge in [0.2, 0.25) is 10.9 Å². The van der Waals surface area contributed by atoms with Crippen LogP contribution in [-0.4, -0.2) is 42.5 Å². The van der Waals surface area contributed by atoms with Gasteiger partial charge in [-0.25, -0.2) is 4.72 Å². The maximum absolute atomic E-state index is 6.79. The topological polar surface area (TPSA) is 36.9 Å². The Balaban J connectivity index is 1.54. The van der Waals surface area contributed by atoms with E-state index in [-0.39, 0.29) is 0 Å². The van der Waals surface area contributed by atoms with Crippen molar-refractivity contribution in [2.75, 3.05) is 26.7 Å². The van der Waals surface area contributed by atoms with Crippen molar-refractivity contribution in [1.29, 1.82) is 0 Å². The molecule has 1 aromatic carbocycles. The SMILES string of the molecule is CN1CCC=C(C2(Cl)NSN=C2OCCCc2ccccc2)C1. The van der Waals surface area contributed by atoms with Crippen molar-refractivity contribution < 1.29 is 4.74 Å². The number of alkyl halides is 1. The number of halogens is 1. The van der Waals surface area contributed by atoms with Crippen molar-refractivity contribution in [2.24, 2.45) is 4.40 Å². The number of ether oxygens (including phenoxy) is 1. The van der Waals surface area contributed by atoms with Gasteiger partial charge in [0.05, 0.1) is 18.7 Å². The number of hydrogen-bond acceptors (Lipinski definition) is 5. The Bertz CT molecular complexity index is 593. The van der Waals surface area contributed by atoms with Gasteiger partial charge in [-0.15, -0.1) is 0 Å². The Hall–Kier alpha value is -1.01. The molecule has 6 heteroatoms. The van der Waals surface area contributed by atoms with Crippen molar-refractivity contribution in [3.8, 4) is 0 Å². The van der Waals surface area contributed by atoms with Gasteiger partial charge in [-0.1, -0.05) is 48.0 Å². The Kier molecular flexibility index (Phi) is 5.64. The molecule has 0 aliphatic carbocycles. The van der Waals surface area contributed by atoms with Gasteiger partial charge in [0.25, 0.3) is 0 Å². The first-order chi connectivity index (χ1) is 11.2. The molecule has 0 saturated heterocycles. The maximum Gasteiger partial charge on any atom is 0.238 e. The fourth-order valence-corrected chi connectivity index (χ4v) is 3.85. The van der Waals surface area contributed by atoms with Crippen molar-refractivity contribution in [2.45, 2.75) is 24.3 Å². The van der Waals surface area contributed by atoms with E-state index >= 15 is 0 Å². The average Bonchev–Trinajstić information content (AvgIpc) is 2.95. The minimum Gasteiger partial charge on any atom is -0.478 e. The third kappa shape index (κ3) is 4.10. The highest BCUT2D eigenvalue weighted by Gasteiger charge is 2.44. The number of aryl methyl sites for hydroxylation is 1. The van der Waals surface area contributed by atoms with Crippen LogP contribution < -0.4 is 4.72 Å². The highest BCUT2D eigenvalue weighted by Crippen LogP contribution is 2.35. The molecule has 1 atom stereocenters. The number of likely N-dealkylation sites (N-methyl/N-ethyl adjacent to an activating group) is 1. The lowest BCUT2D eigenvalue weighted by atomic mass is 10.0.